The number of anilines is 1. The molecule has 1 amide bonds. The van der Waals surface area contributed by atoms with Crippen LogP contribution in [0.3, 0.4) is 0 Å². The number of ether oxygens (including phenoxy) is 2. The summed E-state index contributed by atoms with van der Waals surface area (Å²) in [5, 5.41) is 28.1. The maximum atomic E-state index is 13.2. The Labute approximate surface area is 200 Å². The number of para-hydroxylation sites is 1. The van der Waals surface area contributed by atoms with Crippen LogP contribution in [-0.2, 0) is 11.8 Å². The Morgan fingerprint density at radius 2 is 2.06 bits per heavy atom. The summed E-state index contributed by atoms with van der Waals surface area (Å²) < 4.78 is 13.0. The fourth-order valence-corrected chi connectivity index (χ4v) is 3.70. The van der Waals surface area contributed by atoms with Crippen LogP contribution in [-0.4, -0.2) is 61.6 Å². The van der Waals surface area contributed by atoms with Crippen LogP contribution in [0.25, 0.3) is 22.3 Å². The number of halogens is 1. The average molecular weight is 485 g/mol. The standard InChI is InChI=1S/C23H25ClN6O4/c1-13(2)33-11-16(31)12-34-20-6-4-5-14-9-19(30(3)21(14)20)23(32)25-18-8-7-15(24)10-17(18)22-26-28-29-27-22/h4-10,13,16,31H,11-12H2,1-3H3,(H,25,32)(H,26,27,28,29). The molecule has 11 heteroatoms. The molecular formula is C23H25ClN6O4. The van der Waals surface area contributed by atoms with Gasteiger partial charge in [-0.2, -0.15) is 0 Å². The summed E-state index contributed by atoms with van der Waals surface area (Å²) in [6.07, 6.45) is -0.747. The predicted octanol–water partition coefficient (Wildman–Crippen LogP) is 3.43. The second-order valence-electron chi connectivity index (χ2n) is 8.02. The summed E-state index contributed by atoms with van der Waals surface area (Å²) in [6, 6.07) is 12.3. The number of nitrogens with zero attached hydrogens (tertiary/aromatic N) is 4. The van der Waals surface area contributed by atoms with Gasteiger partial charge in [-0.25, -0.2) is 5.10 Å². The molecule has 34 heavy (non-hydrogen) atoms. The Balaban J connectivity index is 1.57. The van der Waals surface area contributed by atoms with Crippen molar-refractivity contribution in [2.75, 3.05) is 18.5 Å². The first-order valence-corrected chi connectivity index (χ1v) is 11.1. The Morgan fingerprint density at radius 1 is 1.24 bits per heavy atom. The first kappa shape index (κ1) is 23.7. The van der Waals surface area contributed by atoms with Crippen LogP contribution in [0.1, 0.15) is 24.3 Å². The van der Waals surface area contributed by atoms with E-state index in [1.54, 1.807) is 41.9 Å². The third kappa shape index (κ3) is 5.19. The van der Waals surface area contributed by atoms with E-state index in [2.05, 4.69) is 25.9 Å². The van der Waals surface area contributed by atoms with Gasteiger partial charge in [0.05, 0.1) is 23.9 Å². The average Bonchev–Trinajstić information content (AvgIpc) is 3.46. The Kier molecular flexibility index (Phi) is 7.11. The van der Waals surface area contributed by atoms with Gasteiger partial charge in [-0.1, -0.05) is 23.7 Å². The van der Waals surface area contributed by atoms with Crippen molar-refractivity contribution in [3.63, 3.8) is 0 Å². The number of carbonyl (C=O) groups excluding carboxylic acids is 1. The van der Waals surface area contributed by atoms with Gasteiger partial charge in [0.15, 0.2) is 5.82 Å². The quantitative estimate of drug-likeness (QED) is 0.332. The summed E-state index contributed by atoms with van der Waals surface area (Å²) in [6.45, 7) is 4.05. The number of aliphatic hydroxyl groups is 1. The molecule has 0 aliphatic carbocycles. The molecule has 2 aromatic heterocycles. The third-order valence-electron chi connectivity index (χ3n) is 5.14. The summed E-state index contributed by atoms with van der Waals surface area (Å²) >= 11 is 6.13. The zero-order valence-corrected chi connectivity index (χ0v) is 19.7. The lowest BCUT2D eigenvalue weighted by molar-refractivity contribution is -0.0121. The minimum Gasteiger partial charge on any atom is -0.489 e. The molecule has 0 saturated heterocycles. The number of H-pyrrole nitrogens is 1. The Hall–Kier alpha value is -3.47. The highest BCUT2D eigenvalue weighted by Crippen LogP contribution is 2.31. The van der Waals surface area contributed by atoms with Gasteiger partial charge >= 0.3 is 0 Å². The van der Waals surface area contributed by atoms with E-state index in [0.29, 0.717) is 33.5 Å². The van der Waals surface area contributed by atoms with Gasteiger partial charge in [0.2, 0.25) is 0 Å². The molecule has 2 aromatic carbocycles. The van der Waals surface area contributed by atoms with Crippen LogP contribution in [0.15, 0.2) is 42.5 Å². The number of aliphatic hydroxyl groups excluding tert-OH is 1. The zero-order chi connectivity index (χ0) is 24.2. The summed E-state index contributed by atoms with van der Waals surface area (Å²) in [7, 11) is 1.78. The smallest absolute Gasteiger partial charge is 0.272 e. The SMILES string of the molecule is CC(C)OCC(O)COc1cccc2cc(C(=O)Nc3ccc(Cl)cc3-c3nnn[nH]3)n(C)c12. The largest absolute Gasteiger partial charge is 0.489 e. The van der Waals surface area contributed by atoms with Gasteiger partial charge in [-0.3, -0.25) is 4.79 Å². The molecule has 0 spiro atoms. The van der Waals surface area contributed by atoms with Gasteiger partial charge in [0.25, 0.3) is 5.91 Å². The first-order chi connectivity index (χ1) is 16.3. The molecule has 4 aromatic rings. The second kappa shape index (κ2) is 10.2. The molecule has 4 rings (SSSR count). The molecule has 0 saturated carbocycles. The third-order valence-corrected chi connectivity index (χ3v) is 5.37. The molecule has 1 atom stereocenters. The number of hydrogen-bond acceptors (Lipinski definition) is 7. The molecule has 1 unspecified atom stereocenters. The lowest BCUT2D eigenvalue weighted by atomic mass is 10.1. The van der Waals surface area contributed by atoms with E-state index in [0.717, 1.165) is 10.9 Å². The van der Waals surface area contributed by atoms with E-state index in [1.165, 1.54) is 0 Å². The molecule has 0 fully saturated rings. The second-order valence-corrected chi connectivity index (χ2v) is 8.46. The van der Waals surface area contributed by atoms with Crippen molar-refractivity contribution in [1.82, 2.24) is 25.2 Å². The molecular weight excluding hydrogens is 460 g/mol. The fourth-order valence-electron chi connectivity index (χ4n) is 3.53. The zero-order valence-electron chi connectivity index (χ0n) is 18.9. The molecule has 3 N–H and O–H groups in total. The van der Waals surface area contributed by atoms with E-state index in [9.17, 15) is 9.90 Å². The minimum atomic E-state index is -0.769. The van der Waals surface area contributed by atoms with Crippen molar-refractivity contribution in [1.29, 1.82) is 0 Å². The lowest BCUT2D eigenvalue weighted by Crippen LogP contribution is -2.25. The number of tetrazole rings is 1. The number of carbonyl (C=O) groups is 1. The summed E-state index contributed by atoms with van der Waals surface area (Å²) in [5.74, 6) is 0.610. The molecule has 0 bridgehead atoms. The van der Waals surface area contributed by atoms with Crippen LogP contribution in [0.4, 0.5) is 5.69 Å². The van der Waals surface area contributed by atoms with Crippen molar-refractivity contribution in [3.8, 4) is 17.1 Å². The van der Waals surface area contributed by atoms with Crippen molar-refractivity contribution in [2.45, 2.75) is 26.1 Å². The highest BCUT2D eigenvalue weighted by atomic mass is 35.5. The topological polar surface area (TPSA) is 127 Å². The number of aromatic amines is 1. The number of aryl methyl sites for hydroxylation is 1. The van der Waals surface area contributed by atoms with E-state index in [-0.39, 0.29) is 25.2 Å². The van der Waals surface area contributed by atoms with E-state index >= 15 is 0 Å². The van der Waals surface area contributed by atoms with Crippen molar-refractivity contribution < 1.29 is 19.4 Å². The van der Waals surface area contributed by atoms with E-state index in [4.69, 9.17) is 21.1 Å². The van der Waals surface area contributed by atoms with Crippen LogP contribution < -0.4 is 10.1 Å². The number of aromatic nitrogens is 5. The maximum Gasteiger partial charge on any atom is 0.272 e. The summed E-state index contributed by atoms with van der Waals surface area (Å²) in [4.78, 5) is 13.2. The molecule has 2 heterocycles. The lowest BCUT2D eigenvalue weighted by Gasteiger charge is -2.15. The molecule has 0 aliphatic heterocycles. The number of rotatable bonds is 9. The van der Waals surface area contributed by atoms with Gasteiger partial charge in [0, 0.05) is 23.0 Å². The van der Waals surface area contributed by atoms with Gasteiger partial charge < -0.3 is 24.5 Å². The maximum absolute atomic E-state index is 13.2. The molecule has 0 radical (unpaired) electrons. The van der Waals surface area contributed by atoms with Crippen molar-refractivity contribution in [2.24, 2.45) is 7.05 Å². The van der Waals surface area contributed by atoms with Gasteiger partial charge in [-0.05, 0) is 54.6 Å². The predicted molar refractivity (Wildman–Crippen MR) is 128 cm³/mol. The van der Waals surface area contributed by atoms with E-state index < -0.39 is 6.10 Å². The highest BCUT2D eigenvalue weighted by molar-refractivity contribution is 6.31. The Morgan fingerprint density at radius 3 is 2.79 bits per heavy atom. The van der Waals surface area contributed by atoms with Crippen LogP contribution in [0.5, 0.6) is 5.75 Å². The number of amides is 1. The van der Waals surface area contributed by atoms with Crippen LogP contribution >= 0.6 is 11.6 Å². The molecule has 10 nitrogen and oxygen atoms in total. The van der Waals surface area contributed by atoms with Gasteiger partial charge in [-0.15, -0.1) is 5.10 Å². The number of nitrogens with one attached hydrogen (secondary N) is 2. The number of fused-ring (bicyclic) bond motifs is 1. The van der Waals surface area contributed by atoms with Crippen LogP contribution in [0.2, 0.25) is 5.02 Å². The minimum absolute atomic E-state index is 0.0218. The monoisotopic (exact) mass is 484 g/mol. The molecule has 178 valence electrons. The number of hydrogen-bond donors (Lipinski definition) is 3. The molecule has 0 aliphatic rings. The van der Waals surface area contributed by atoms with Crippen molar-refractivity contribution in [3.05, 3.63) is 53.2 Å². The van der Waals surface area contributed by atoms with Crippen LogP contribution in [0, 0.1) is 0 Å². The highest BCUT2D eigenvalue weighted by Gasteiger charge is 2.19. The Bertz CT molecular complexity index is 1290. The van der Waals surface area contributed by atoms with E-state index in [1.807, 2.05) is 26.0 Å². The fraction of sp³-hybridized carbons (Fsp3) is 0.304. The van der Waals surface area contributed by atoms with Gasteiger partial charge in [0.1, 0.15) is 24.2 Å². The first-order valence-electron chi connectivity index (χ1n) is 10.7. The normalized spacial score (nSPS) is 12.3. The van der Waals surface area contributed by atoms with Crippen molar-refractivity contribution >= 4 is 34.1 Å². The number of benzene rings is 2. The summed E-state index contributed by atoms with van der Waals surface area (Å²) in [5.41, 5.74) is 2.22.